The largest absolute Gasteiger partial charge is 0.330 e. The maximum atomic E-state index is 14.0. The molecule has 0 saturated heterocycles. The van der Waals surface area contributed by atoms with Crippen molar-refractivity contribution < 1.29 is 8.42 Å². The molecule has 8 nitrogen and oxygen atoms in total. The summed E-state index contributed by atoms with van der Waals surface area (Å²) < 4.78 is 30.5. The maximum Gasteiger partial charge on any atom is 0.280 e. The lowest BCUT2D eigenvalue weighted by Crippen LogP contribution is -2.41. The number of anilines is 1. The molecule has 38 heavy (non-hydrogen) atoms. The molecule has 0 aliphatic carbocycles. The molecule has 0 fully saturated rings. The second-order valence-electron chi connectivity index (χ2n) is 8.74. The van der Waals surface area contributed by atoms with Gasteiger partial charge in [0.1, 0.15) is 0 Å². The van der Waals surface area contributed by atoms with E-state index in [2.05, 4.69) is 11.3 Å². The van der Waals surface area contributed by atoms with Gasteiger partial charge in [-0.15, -0.1) is 12.3 Å². The summed E-state index contributed by atoms with van der Waals surface area (Å²) in [4.78, 5) is 18.6. The van der Waals surface area contributed by atoms with Crippen LogP contribution in [0.1, 0.15) is 30.3 Å². The van der Waals surface area contributed by atoms with Gasteiger partial charge in [0.2, 0.25) is 10.0 Å². The third-order valence-corrected chi connectivity index (χ3v) is 8.20. The van der Waals surface area contributed by atoms with E-state index in [-0.39, 0.29) is 30.2 Å². The predicted molar refractivity (Wildman–Crippen MR) is 151 cm³/mol. The molecule has 10 heteroatoms. The molecular formula is C28H28ClN5O3S. The van der Waals surface area contributed by atoms with Crippen molar-refractivity contribution in [3.05, 3.63) is 99.6 Å². The summed E-state index contributed by atoms with van der Waals surface area (Å²) in [5, 5.41) is 0.709. The smallest absolute Gasteiger partial charge is 0.280 e. The third kappa shape index (κ3) is 5.74. The van der Waals surface area contributed by atoms with E-state index in [9.17, 15) is 13.2 Å². The molecule has 0 saturated carbocycles. The fraction of sp³-hybridized carbons (Fsp3) is 0.214. The SMILES string of the molecule is C#CCC(c1nc2cc(Cl)ccc2c(=O)n1Nc1ccccc1)N(CCCN)S(=O)(=O)c1ccc(C)cc1. The summed E-state index contributed by atoms with van der Waals surface area (Å²) in [6.07, 6.45) is 6.10. The number of nitrogens with one attached hydrogen (secondary N) is 1. The molecular weight excluding hydrogens is 522 g/mol. The number of hydrogen-bond acceptors (Lipinski definition) is 6. The Morgan fingerprint density at radius 2 is 1.84 bits per heavy atom. The van der Waals surface area contributed by atoms with Gasteiger partial charge in [-0.05, 0) is 62.4 Å². The minimum atomic E-state index is -4.05. The van der Waals surface area contributed by atoms with Crippen LogP contribution in [0.2, 0.25) is 5.02 Å². The monoisotopic (exact) mass is 549 g/mol. The van der Waals surface area contributed by atoms with E-state index in [1.807, 2.05) is 25.1 Å². The van der Waals surface area contributed by atoms with Gasteiger partial charge in [0.15, 0.2) is 5.82 Å². The molecule has 3 N–H and O–H groups in total. The van der Waals surface area contributed by atoms with Crippen LogP contribution in [-0.2, 0) is 10.0 Å². The first-order chi connectivity index (χ1) is 18.3. The Kier molecular flexibility index (Phi) is 8.49. The number of benzene rings is 3. The molecule has 0 amide bonds. The highest BCUT2D eigenvalue weighted by atomic mass is 35.5. The summed E-state index contributed by atoms with van der Waals surface area (Å²) in [6, 6.07) is 19.4. The number of nitrogens with two attached hydrogens (primary N) is 1. The van der Waals surface area contributed by atoms with Crippen LogP contribution in [0.3, 0.4) is 0 Å². The second-order valence-corrected chi connectivity index (χ2v) is 11.1. The maximum absolute atomic E-state index is 14.0. The Labute approximate surface area is 227 Å². The molecule has 1 atom stereocenters. The van der Waals surface area contributed by atoms with E-state index in [4.69, 9.17) is 28.7 Å². The Bertz CT molecular complexity index is 1630. The summed E-state index contributed by atoms with van der Waals surface area (Å²) in [7, 11) is -4.05. The Hall–Kier alpha value is -3.68. The minimum Gasteiger partial charge on any atom is -0.330 e. The van der Waals surface area contributed by atoms with Gasteiger partial charge in [0.25, 0.3) is 5.56 Å². The van der Waals surface area contributed by atoms with Crippen LogP contribution in [0.25, 0.3) is 10.9 Å². The molecule has 4 rings (SSSR count). The zero-order valence-electron chi connectivity index (χ0n) is 20.8. The van der Waals surface area contributed by atoms with Crippen LogP contribution < -0.4 is 16.7 Å². The number of sulfonamides is 1. The quantitative estimate of drug-likeness (QED) is 0.285. The average molecular weight is 550 g/mol. The normalized spacial score (nSPS) is 12.4. The van der Waals surface area contributed by atoms with Crippen molar-refractivity contribution in [2.45, 2.75) is 30.7 Å². The first kappa shape index (κ1) is 27.4. The number of fused-ring (bicyclic) bond motifs is 1. The van der Waals surface area contributed by atoms with Crippen LogP contribution in [0, 0.1) is 19.3 Å². The van der Waals surface area contributed by atoms with Crippen LogP contribution in [0.5, 0.6) is 0 Å². The van der Waals surface area contributed by atoms with Crippen molar-refractivity contribution >= 4 is 38.2 Å². The van der Waals surface area contributed by atoms with Crippen LogP contribution in [-0.4, -0.2) is 35.5 Å². The lowest BCUT2D eigenvalue weighted by Gasteiger charge is -2.31. The molecule has 0 spiro atoms. The van der Waals surface area contributed by atoms with Gasteiger partial charge >= 0.3 is 0 Å². The van der Waals surface area contributed by atoms with Crippen LogP contribution >= 0.6 is 11.6 Å². The van der Waals surface area contributed by atoms with E-state index < -0.39 is 21.6 Å². The van der Waals surface area contributed by atoms with E-state index in [1.54, 1.807) is 54.6 Å². The van der Waals surface area contributed by atoms with Crippen molar-refractivity contribution in [3.63, 3.8) is 0 Å². The zero-order valence-corrected chi connectivity index (χ0v) is 22.4. The number of para-hydroxylation sites is 1. The van der Waals surface area contributed by atoms with Gasteiger partial charge in [-0.2, -0.15) is 4.31 Å². The number of terminal acetylenes is 1. The number of aryl methyl sites for hydroxylation is 1. The number of halogens is 1. The van der Waals surface area contributed by atoms with E-state index >= 15 is 0 Å². The molecule has 4 aromatic rings. The zero-order chi connectivity index (χ0) is 27.3. The van der Waals surface area contributed by atoms with Gasteiger partial charge in [0, 0.05) is 18.0 Å². The highest BCUT2D eigenvalue weighted by Gasteiger charge is 2.35. The highest BCUT2D eigenvalue weighted by molar-refractivity contribution is 7.89. The van der Waals surface area contributed by atoms with Gasteiger partial charge in [-0.3, -0.25) is 10.2 Å². The second kappa shape index (κ2) is 11.8. The average Bonchev–Trinajstić information content (AvgIpc) is 2.90. The molecule has 1 heterocycles. The Balaban J connectivity index is 1.97. The van der Waals surface area contributed by atoms with E-state index in [0.717, 1.165) is 5.56 Å². The van der Waals surface area contributed by atoms with Crippen molar-refractivity contribution in [1.29, 1.82) is 0 Å². The van der Waals surface area contributed by atoms with Gasteiger partial charge in [-0.1, -0.05) is 47.5 Å². The molecule has 3 aromatic carbocycles. The summed E-state index contributed by atoms with van der Waals surface area (Å²) in [5.74, 6) is 2.72. The van der Waals surface area contributed by atoms with Crippen LogP contribution in [0.4, 0.5) is 5.69 Å². The molecule has 0 bridgehead atoms. The molecule has 1 unspecified atom stereocenters. The fourth-order valence-electron chi connectivity index (χ4n) is 4.12. The summed E-state index contributed by atoms with van der Waals surface area (Å²) in [6.45, 7) is 2.22. The standard InChI is InChI=1S/C28H28ClN5O3S/c1-3-8-26(33(18-7-17-30)38(36,37)23-14-11-20(2)12-15-23)27-31-25-19-21(29)13-16-24(25)28(35)34(27)32-22-9-5-4-6-10-22/h1,4-6,9-16,19,26,32H,7-8,17-18,30H2,2H3. The highest BCUT2D eigenvalue weighted by Crippen LogP contribution is 2.31. The molecule has 0 aliphatic rings. The number of aromatic nitrogens is 2. The third-order valence-electron chi connectivity index (χ3n) is 6.04. The lowest BCUT2D eigenvalue weighted by atomic mass is 10.1. The molecule has 196 valence electrons. The number of rotatable bonds is 10. The first-order valence-electron chi connectivity index (χ1n) is 12.0. The first-order valence-corrected chi connectivity index (χ1v) is 13.8. The van der Waals surface area contributed by atoms with Gasteiger partial charge in [0.05, 0.1) is 27.5 Å². The number of nitrogens with zero attached hydrogens (tertiary/aromatic N) is 3. The van der Waals surface area contributed by atoms with Gasteiger partial charge in [-0.25, -0.2) is 18.1 Å². The lowest BCUT2D eigenvalue weighted by molar-refractivity contribution is 0.308. The van der Waals surface area contributed by atoms with E-state index in [1.165, 1.54) is 8.98 Å². The number of hydrogen-bond donors (Lipinski definition) is 2. The summed E-state index contributed by atoms with van der Waals surface area (Å²) in [5.41, 5.74) is 10.3. The van der Waals surface area contributed by atoms with Crippen LogP contribution in [0.15, 0.2) is 82.5 Å². The molecule has 0 aliphatic heterocycles. The topological polar surface area (TPSA) is 110 Å². The minimum absolute atomic E-state index is 0.0371. The van der Waals surface area contributed by atoms with Crippen molar-refractivity contribution in [2.75, 3.05) is 18.5 Å². The van der Waals surface area contributed by atoms with Crippen molar-refractivity contribution in [1.82, 2.24) is 14.0 Å². The Morgan fingerprint density at radius 3 is 2.50 bits per heavy atom. The van der Waals surface area contributed by atoms with E-state index in [0.29, 0.717) is 28.0 Å². The predicted octanol–water partition coefficient (Wildman–Crippen LogP) is 4.34. The summed E-state index contributed by atoms with van der Waals surface area (Å²) >= 11 is 6.21. The van der Waals surface area contributed by atoms with Crippen molar-refractivity contribution in [3.8, 4) is 12.3 Å². The van der Waals surface area contributed by atoms with Gasteiger partial charge < -0.3 is 5.73 Å². The van der Waals surface area contributed by atoms with Crippen molar-refractivity contribution in [2.24, 2.45) is 5.73 Å². The molecule has 0 radical (unpaired) electrons. The fourth-order valence-corrected chi connectivity index (χ4v) is 5.91. The Morgan fingerprint density at radius 1 is 1.13 bits per heavy atom. The molecule has 1 aromatic heterocycles.